The molecule has 0 amide bonds. The van der Waals surface area contributed by atoms with E-state index in [2.05, 4.69) is 48.0 Å². The lowest BCUT2D eigenvalue weighted by atomic mass is 10.0. The average Bonchev–Trinajstić information content (AvgIpc) is 3.07. The normalized spacial score (nSPS) is 18.5. The van der Waals surface area contributed by atoms with Crippen LogP contribution in [0.4, 0.5) is 5.69 Å². The minimum absolute atomic E-state index is 0.0568. The number of rotatable bonds is 5. The maximum absolute atomic E-state index is 13.6. The van der Waals surface area contributed by atoms with Gasteiger partial charge in [0.2, 0.25) is 10.0 Å². The van der Waals surface area contributed by atoms with Crippen molar-refractivity contribution in [3.8, 4) is 11.4 Å². The van der Waals surface area contributed by atoms with Crippen molar-refractivity contribution in [2.75, 3.05) is 19.6 Å². The fourth-order valence-electron chi connectivity index (χ4n) is 4.83. The Kier molecular flexibility index (Phi) is 5.75. The molecule has 9 nitrogen and oxygen atoms in total. The minimum atomic E-state index is -3.85. The van der Waals surface area contributed by atoms with E-state index in [-0.39, 0.29) is 10.6 Å². The molecular formula is C24H27N5O4S. The summed E-state index contributed by atoms with van der Waals surface area (Å²) in [6, 6.07) is 13.1. The van der Waals surface area contributed by atoms with Crippen LogP contribution in [0.2, 0.25) is 0 Å². The highest BCUT2D eigenvalue weighted by atomic mass is 32.2. The van der Waals surface area contributed by atoms with Gasteiger partial charge in [-0.15, -0.1) is 0 Å². The third kappa shape index (κ3) is 3.81. The minimum Gasteiger partial charge on any atom is -0.325 e. The van der Waals surface area contributed by atoms with Gasteiger partial charge in [0, 0.05) is 50.3 Å². The van der Waals surface area contributed by atoms with E-state index in [0.29, 0.717) is 25.6 Å². The second kappa shape index (κ2) is 8.61. The maximum atomic E-state index is 13.6. The molecule has 1 atom stereocenters. The van der Waals surface area contributed by atoms with Gasteiger partial charge < -0.3 is 9.88 Å². The average molecular weight is 482 g/mol. The van der Waals surface area contributed by atoms with Crippen LogP contribution in [0.15, 0.2) is 53.4 Å². The van der Waals surface area contributed by atoms with E-state index in [4.69, 9.17) is 4.98 Å². The van der Waals surface area contributed by atoms with Gasteiger partial charge in [-0.3, -0.25) is 10.1 Å². The first kappa shape index (κ1) is 22.7. The molecule has 1 N–H and O–H groups in total. The van der Waals surface area contributed by atoms with Crippen molar-refractivity contribution in [3.63, 3.8) is 0 Å². The lowest BCUT2D eigenvalue weighted by Crippen LogP contribution is -2.45. The molecule has 0 unspecified atom stereocenters. The fourth-order valence-corrected chi connectivity index (χ4v) is 6.42. The molecule has 0 spiro atoms. The lowest BCUT2D eigenvalue weighted by molar-refractivity contribution is -0.384. The predicted molar refractivity (Wildman–Crippen MR) is 128 cm³/mol. The summed E-state index contributed by atoms with van der Waals surface area (Å²) in [4.78, 5) is 15.5. The van der Waals surface area contributed by atoms with Crippen molar-refractivity contribution in [2.24, 2.45) is 0 Å². The van der Waals surface area contributed by atoms with Crippen LogP contribution in [0.5, 0.6) is 0 Å². The Balaban J connectivity index is 1.54. The molecule has 0 aliphatic carbocycles. The molecule has 2 aromatic carbocycles. The molecule has 1 aromatic heterocycles. The molecule has 0 saturated heterocycles. The number of benzene rings is 2. The van der Waals surface area contributed by atoms with Gasteiger partial charge in [-0.25, -0.2) is 13.4 Å². The van der Waals surface area contributed by atoms with Crippen LogP contribution in [0.25, 0.3) is 11.4 Å². The molecular weight excluding hydrogens is 454 g/mol. The molecule has 5 rings (SSSR count). The summed E-state index contributed by atoms with van der Waals surface area (Å²) in [7, 11) is -3.85. The topological polar surface area (TPSA) is 110 Å². The number of nitrogens with zero attached hydrogens (tertiary/aromatic N) is 4. The largest absolute Gasteiger partial charge is 0.325 e. The first-order valence-electron chi connectivity index (χ1n) is 11.4. The Labute approximate surface area is 198 Å². The standard InChI is InChI=1S/C24H27N5O4S/c1-16(2)17-3-5-18(6-4-17)24-26-21-11-12-25-15-22-23(21)27(24)13-14-28(22)34(32,33)20-9-7-19(8-10-20)29(30)31/h3-10,16,22,25H,11-15H2,1-2H3/t22-/m1/s1. The summed E-state index contributed by atoms with van der Waals surface area (Å²) in [5.41, 5.74) is 4.00. The van der Waals surface area contributed by atoms with Gasteiger partial charge in [0.1, 0.15) is 5.82 Å². The van der Waals surface area contributed by atoms with Gasteiger partial charge in [0.05, 0.1) is 27.2 Å². The van der Waals surface area contributed by atoms with Crippen LogP contribution in [-0.2, 0) is 23.0 Å². The van der Waals surface area contributed by atoms with Gasteiger partial charge in [0.15, 0.2) is 0 Å². The van der Waals surface area contributed by atoms with E-state index in [1.165, 1.54) is 34.1 Å². The SMILES string of the molecule is CC(C)c1ccc(-c2nc3c4n2CCN(S(=O)(=O)c2ccc([N+](=O)[O-])cc2)[C@@H]4CNCC3)cc1. The number of nitrogens with one attached hydrogen (secondary N) is 1. The van der Waals surface area contributed by atoms with Gasteiger partial charge >= 0.3 is 0 Å². The van der Waals surface area contributed by atoms with E-state index in [0.717, 1.165) is 35.7 Å². The molecule has 0 saturated carbocycles. The maximum Gasteiger partial charge on any atom is 0.269 e. The molecule has 10 heteroatoms. The molecule has 0 bridgehead atoms. The highest BCUT2D eigenvalue weighted by molar-refractivity contribution is 7.89. The van der Waals surface area contributed by atoms with E-state index in [1.54, 1.807) is 0 Å². The molecule has 0 radical (unpaired) electrons. The first-order chi connectivity index (χ1) is 16.3. The summed E-state index contributed by atoms with van der Waals surface area (Å²) in [6.45, 7) is 6.31. The van der Waals surface area contributed by atoms with Gasteiger partial charge in [-0.2, -0.15) is 4.31 Å². The Morgan fingerprint density at radius 1 is 1.09 bits per heavy atom. The smallest absolute Gasteiger partial charge is 0.269 e. The van der Waals surface area contributed by atoms with Gasteiger partial charge in [-0.1, -0.05) is 38.1 Å². The predicted octanol–water partition coefficient (Wildman–Crippen LogP) is 3.47. The van der Waals surface area contributed by atoms with E-state index < -0.39 is 21.0 Å². The molecule has 0 fully saturated rings. The summed E-state index contributed by atoms with van der Waals surface area (Å²) in [5.74, 6) is 1.32. The molecule has 178 valence electrons. The monoisotopic (exact) mass is 481 g/mol. The number of nitro benzene ring substituents is 1. The molecule has 2 aliphatic rings. The highest BCUT2D eigenvalue weighted by Crippen LogP contribution is 2.37. The third-order valence-corrected chi connectivity index (χ3v) is 8.58. The van der Waals surface area contributed by atoms with Crippen molar-refractivity contribution in [1.29, 1.82) is 0 Å². The number of imidazole rings is 1. The fraction of sp³-hybridized carbons (Fsp3) is 0.375. The summed E-state index contributed by atoms with van der Waals surface area (Å²) in [6.07, 6.45) is 0.724. The number of nitro groups is 1. The zero-order chi connectivity index (χ0) is 24.0. The third-order valence-electron chi connectivity index (χ3n) is 6.66. The van der Waals surface area contributed by atoms with Crippen LogP contribution in [-0.4, -0.2) is 46.8 Å². The first-order valence-corrected chi connectivity index (χ1v) is 12.9. The number of sulfonamides is 1. The van der Waals surface area contributed by atoms with E-state index in [9.17, 15) is 18.5 Å². The Morgan fingerprint density at radius 2 is 1.79 bits per heavy atom. The second-order valence-corrected chi connectivity index (χ2v) is 10.9. The summed E-state index contributed by atoms with van der Waals surface area (Å²) >= 11 is 0. The van der Waals surface area contributed by atoms with Crippen LogP contribution in [0.1, 0.15) is 42.8 Å². The number of hydrogen-bond donors (Lipinski definition) is 1. The molecule has 34 heavy (non-hydrogen) atoms. The van der Waals surface area contributed by atoms with Crippen LogP contribution >= 0.6 is 0 Å². The van der Waals surface area contributed by atoms with Crippen molar-refractivity contribution in [2.45, 2.75) is 43.7 Å². The van der Waals surface area contributed by atoms with Crippen LogP contribution in [0.3, 0.4) is 0 Å². The quantitative estimate of drug-likeness (QED) is 0.441. The Bertz CT molecular complexity index is 1330. The summed E-state index contributed by atoms with van der Waals surface area (Å²) in [5, 5.41) is 14.3. The van der Waals surface area contributed by atoms with Crippen molar-refractivity contribution < 1.29 is 13.3 Å². The van der Waals surface area contributed by atoms with Gasteiger partial charge in [-0.05, 0) is 23.6 Å². The van der Waals surface area contributed by atoms with Crippen molar-refractivity contribution in [1.82, 2.24) is 19.2 Å². The van der Waals surface area contributed by atoms with Crippen molar-refractivity contribution >= 4 is 15.7 Å². The Morgan fingerprint density at radius 3 is 2.44 bits per heavy atom. The molecule has 3 aromatic rings. The number of aromatic nitrogens is 2. The van der Waals surface area contributed by atoms with E-state index >= 15 is 0 Å². The molecule has 3 heterocycles. The lowest BCUT2D eigenvalue weighted by Gasteiger charge is -2.36. The van der Waals surface area contributed by atoms with E-state index in [1.807, 2.05) is 0 Å². The zero-order valence-electron chi connectivity index (χ0n) is 19.1. The van der Waals surface area contributed by atoms with Crippen molar-refractivity contribution in [3.05, 3.63) is 75.6 Å². The summed E-state index contributed by atoms with van der Waals surface area (Å²) < 4.78 is 30.8. The molecule has 2 aliphatic heterocycles. The Hall–Kier alpha value is -3.08. The van der Waals surface area contributed by atoms with Crippen LogP contribution in [0, 0.1) is 10.1 Å². The number of hydrogen-bond acceptors (Lipinski definition) is 6. The zero-order valence-corrected chi connectivity index (χ0v) is 20.0. The second-order valence-electron chi connectivity index (χ2n) is 9.03. The van der Waals surface area contributed by atoms with Gasteiger partial charge in [0.25, 0.3) is 5.69 Å². The highest BCUT2D eigenvalue weighted by Gasteiger charge is 2.40. The number of non-ortho nitro benzene ring substituents is 1. The van der Waals surface area contributed by atoms with Crippen LogP contribution < -0.4 is 5.32 Å².